The zero-order chi connectivity index (χ0) is 25.9. The van der Waals surface area contributed by atoms with Crippen LogP contribution in [0.15, 0.2) is 86.5 Å². The second-order valence-electron chi connectivity index (χ2n) is 8.43. The molecule has 10 heteroatoms. The minimum atomic E-state index is -0.191. The van der Waals surface area contributed by atoms with Crippen LogP contribution >= 0.6 is 38.9 Å². The van der Waals surface area contributed by atoms with Gasteiger partial charge in [-0.25, -0.2) is 14.5 Å². The van der Waals surface area contributed by atoms with Crippen LogP contribution in [0.25, 0.3) is 27.3 Å². The number of benzene rings is 3. The van der Waals surface area contributed by atoms with Crippen LogP contribution in [0.2, 0.25) is 5.02 Å². The fraction of sp³-hybridized carbons (Fsp3) is 0.111. The van der Waals surface area contributed by atoms with Crippen molar-refractivity contribution in [1.29, 1.82) is 0 Å². The van der Waals surface area contributed by atoms with Crippen molar-refractivity contribution >= 4 is 61.7 Å². The SMILES string of the molecule is CN(C)c1ccc(/C=N/NCc2nc3ccc(Br)cc3c(=O)n2-c2nc(-c3ccc(Cl)cc3)cs2)cc1. The molecule has 0 aliphatic carbocycles. The van der Waals surface area contributed by atoms with Gasteiger partial charge >= 0.3 is 0 Å². The van der Waals surface area contributed by atoms with E-state index in [1.165, 1.54) is 11.3 Å². The maximum Gasteiger partial charge on any atom is 0.267 e. The third kappa shape index (κ3) is 5.58. The van der Waals surface area contributed by atoms with Crippen molar-refractivity contribution < 1.29 is 0 Å². The van der Waals surface area contributed by atoms with Gasteiger partial charge in [-0.2, -0.15) is 5.10 Å². The Balaban J connectivity index is 1.47. The number of hydrogen-bond acceptors (Lipinski definition) is 7. The zero-order valence-electron chi connectivity index (χ0n) is 20.0. The molecule has 7 nitrogen and oxygen atoms in total. The summed E-state index contributed by atoms with van der Waals surface area (Å²) in [4.78, 5) is 25.2. The van der Waals surface area contributed by atoms with Gasteiger partial charge in [0.05, 0.1) is 29.4 Å². The van der Waals surface area contributed by atoms with E-state index >= 15 is 0 Å². The normalized spacial score (nSPS) is 11.4. The van der Waals surface area contributed by atoms with Crippen LogP contribution in [0.5, 0.6) is 0 Å². The molecule has 2 heterocycles. The summed E-state index contributed by atoms with van der Waals surface area (Å²) >= 11 is 10.9. The molecule has 3 aromatic carbocycles. The highest BCUT2D eigenvalue weighted by molar-refractivity contribution is 9.10. The van der Waals surface area contributed by atoms with Gasteiger partial charge < -0.3 is 10.3 Å². The third-order valence-corrected chi connectivity index (χ3v) is 7.25. The number of fused-ring (bicyclic) bond motifs is 1. The lowest BCUT2D eigenvalue weighted by Gasteiger charge is -2.12. The molecular weight excluding hydrogens is 572 g/mol. The second-order valence-corrected chi connectivity index (χ2v) is 10.6. The first-order valence-corrected chi connectivity index (χ1v) is 13.4. The number of aromatic nitrogens is 3. The lowest BCUT2D eigenvalue weighted by atomic mass is 10.2. The van der Waals surface area contributed by atoms with Crippen LogP contribution < -0.4 is 15.9 Å². The molecule has 0 saturated heterocycles. The maximum atomic E-state index is 13.6. The van der Waals surface area contributed by atoms with Crippen LogP contribution in [-0.4, -0.2) is 34.8 Å². The van der Waals surface area contributed by atoms with Crippen LogP contribution in [0.1, 0.15) is 11.4 Å². The lowest BCUT2D eigenvalue weighted by Crippen LogP contribution is -2.26. The smallest absolute Gasteiger partial charge is 0.267 e. The van der Waals surface area contributed by atoms with E-state index < -0.39 is 0 Å². The number of thiazole rings is 1. The number of hydrazone groups is 1. The number of hydrogen-bond donors (Lipinski definition) is 1. The van der Waals surface area contributed by atoms with E-state index in [2.05, 4.69) is 26.5 Å². The molecule has 0 amide bonds. The molecule has 0 fully saturated rings. The van der Waals surface area contributed by atoms with Crippen molar-refractivity contribution in [3.63, 3.8) is 0 Å². The fourth-order valence-corrected chi connectivity index (χ4v) is 5.07. The summed E-state index contributed by atoms with van der Waals surface area (Å²) in [7, 11) is 4.00. The van der Waals surface area contributed by atoms with Gasteiger partial charge in [-0.05, 0) is 48.0 Å². The molecular formula is C27H22BrClN6OS. The Morgan fingerprint density at radius 2 is 1.84 bits per heavy atom. The first kappa shape index (κ1) is 25.1. The summed E-state index contributed by atoms with van der Waals surface area (Å²) in [5, 5.41) is 7.96. The second kappa shape index (κ2) is 10.8. The van der Waals surface area contributed by atoms with Gasteiger partial charge in [0.25, 0.3) is 5.56 Å². The first-order valence-electron chi connectivity index (χ1n) is 11.4. The monoisotopic (exact) mass is 592 g/mol. The van der Waals surface area contributed by atoms with Crippen molar-refractivity contribution in [1.82, 2.24) is 20.0 Å². The molecule has 1 N–H and O–H groups in total. The van der Waals surface area contributed by atoms with E-state index in [1.54, 1.807) is 16.8 Å². The van der Waals surface area contributed by atoms with Crippen molar-refractivity contribution in [2.75, 3.05) is 19.0 Å². The van der Waals surface area contributed by atoms with E-state index in [4.69, 9.17) is 21.6 Å². The lowest BCUT2D eigenvalue weighted by molar-refractivity contribution is 0.678. The topological polar surface area (TPSA) is 75.4 Å². The first-order chi connectivity index (χ1) is 17.9. The highest BCUT2D eigenvalue weighted by Crippen LogP contribution is 2.26. The predicted molar refractivity (Wildman–Crippen MR) is 156 cm³/mol. The minimum absolute atomic E-state index is 0.191. The van der Waals surface area contributed by atoms with E-state index in [1.807, 2.05) is 85.0 Å². The van der Waals surface area contributed by atoms with Crippen LogP contribution in [0, 0.1) is 0 Å². The van der Waals surface area contributed by atoms with E-state index in [0.717, 1.165) is 27.0 Å². The molecule has 0 aliphatic rings. The molecule has 2 aromatic heterocycles. The average molecular weight is 594 g/mol. The third-order valence-electron chi connectivity index (χ3n) is 5.67. The van der Waals surface area contributed by atoms with Gasteiger partial charge in [0.2, 0.25) is 0 Å². The highest BCUT2D eigenvalue weighted by atomic mass is 79.9. The van der Waals surface area contributed by atoms with Gasteiger partial charge in [0, 0.05) is 40.2 Å². The number of nitrogens with zero attached hydrogens (tertiary/aromatic N) is 5. The Hall–Kier alpha value is -3.53. The summed E-state index contributed by atoms with van der Waals surface area (Å²) in [5.41, 5.74) is 7.20. The van der Waals surface area contributed by atoms with Crippen molar-refractivity contribution in [2.45, 2.75) is 6.54 Å². The highest BCUT2D eigenvalue weighted by Gasteiger charge is 2.16. The summed E-state index contributed by atoms with van der Waals surface area (Å²) in [6, 6.07) is 21.0. The van der Waals surface area contributed by atoms with Gasteiger partial charge in [-0.1, -0.05) is 51.8 Å². The number of anilines is 1. The van der Waals surface area contributed by atoms with Crippen molar-refractivity contribution in [3.8, 4) is 16.4 Å². The van der Waals surface area contributed by atoms with Gasteiger partial charge in [-0.15, -0.1) is 11.3 Å². The van der Waals surface area contributed by atoms with Gasteiger partial charge in [-0.3, -0.25) is 4.79 Å². The standard InChI is InChI=1S/C27H22BrClN6OS/c1-34(2)21-10-3-17(4-11-21)14-30-31-15-25-32-23-12-7-19(28)13-22(23)26(36)35(25)27-33-24(16-37-27)18-5-8-20(29)9-6-18/h3-14,16,31H,15H2,1-2H3/b30-14+. The van der Waals surface area contributed by atoms with Crippen molar-refractivity contribution in [2.24, 2.45) is 5.10 Å². The molecule has 0 bridgehead atoms. The fourth-order valence-electron chi connectivity index (χ4n) is 3.73. The van der Waals surface area contributed by atoms with Crippen LogP contribution in [0.4, 0.5) is 5.69 Å². The zero-order valence-corrected chi connectivity index (χ0v) is 23.2. The Morgan fingerprint density at radius 3 is 2.57 bits per heavy atom. The molecule has 5 aromatic rings. The van der Waals surface area contributed by atoms with E-state index in [0.29, 0.717) is 26.9 Å². The largest absolute Gasteiger partial charge is 0.378 e. The van der Waals surface area contributed by atoms with Gasteiger partial charge in [0.15, 0.2) is 5.13 Å². The summed E-state index contributed by atoms with van der Waals surface area (Å²) in [6.45, 7) is 0.239. The van der Waals surface area contributed by atoms with Gasteiger partial charge in [0.1, 0.15) is 5.82 Å². The molecule has 0 radical (unpaired) electrons. The molecule has 186 valence electrons. The quantitative estimate of drug-likeness (QED) is 0.182. The Labute approximate surface area is 231 Å². The maximum absolute atomic E-state index is 13.6. The average Bonchev–Trinajstić information content (AvgIpc) is 3.37. The molecule has 0 atom stereocenters. The summed E-state index contributed by atoms with van der Waals surface area (Å²) < 4.78 is 2.36. The van der Waals surface area contributed by atoms with E-state index in [-0.39, 0.29) is 12.1 Å². The number of nitrogens with one attached hydrogen (secondary N) is 1. The van der Waals surface area contributed by atoms with Crippen molar-refractivity contribution in [3.05, 3.63) is 103 Å². The Morgan fingerprint density at radius 1 is 1.08 bits per heavy atom. The van der Waals surface area contributed by atoms with Crippen LogP contribution in [-0.2, 0) is 6.54 Å². The molecule has 5 rings (SSSR count). The molecule has 0 unspecified atom stereocenters. The molecule has 0 saturated carbocycles. The molecule has 37 heavy (non-hydrogen) atoms. The number of halogens is 2. The Bertz CT molecular complexity index is 1650. The number of rotatable bonds is 7. The summed E-state index contributed by atoms with van der Waals surface area (Å²) in [6.07, 6.45) is 1.74. The molecule has 0 aliphatic heterocycles. The molecule has 0 spiro atoms. The summed E-state index contributed by atoms with van der Waals surface area (Å²) in [5.74, 6) is 0.511. The predicted octanol–water partition coefficient (Wildman–Crippen LogP) is 6.11. The Kier molecular flexibility index (Phi) is 7.36. The van der Waals surface area contributed by atoms with E-state index in [9.17, 15) is 4.79 Å². The minimum Gasteiger partial charge on any atom is -0.378 e. The van der Waals surface area contributed by atoms with Crippen LogP contribution in [0.3, 0.4) is 0 Å².